The van der Waals surface area contributed by atoms with Gasteiger partial charge in [-0.25, -0.2) is 0 Å². The predicted octanol–water partition coefficient (Wildman–Crippen LogP) is 0.921. The summed E-state index contributed by atoms with van der Waals surface area (Å²) < 4.78 is 1.79. The van der Waals surface area contributed by atoms with E-state index in [1.54, 1.807) is 4.68 Å². The molecule has 70 valence electrons. The zero-order chi connectivity index (χ0) is 9.68. The van der Waals surface area contributed by atoms with Crippen molar-refractivity contribution in [1.82, 2.24) is 15.1 Å². The van der Waals surface area contributed by atoms with E-state index < -0.39 is 0 Å². The molecule has 0 aliphatic rings. The predicted molar refractivity (Wildman–Crippen MR) is 53.0 cm³/mol. The Hall–Kier alpha value is -1.27. The van der Waals surface area contributed by atoms with E-state index in [2.05, 4.69) is 23.3 Å². The summed E-state index contributed by atoms with van der Waals surface area (Å²) in [6, 6.07) is 0.366. The first-order valence-electron chi connectivity index (χ1n) is 4.36. The Morgan fingerprint density at radius 3 is 3.08 bits per heavy atom. The lowest BCUT2D eigenvalue weighted by Crippen LogP contribution is -2.24. The van der Waals surface area contributed by atoms with E-state index in [1.165, 1.54) is 5.56 Å². The minimum atomic E-state index is 0.366. The number of hydrogen-bond donors (Lipinski definition) is 1. The summed E-state index contributed by atoms with van der Waals surface area (Å²) in [5, 5.41) is 7.39. The molecule has 0 bridgehead atoms. The molecule has 1 aromatic rings. The van der Waals surface area contributed by atoms with Gasteiger partial charge >= 0.3 is 0 Å². The minimum absolute atomic E-state index is 0.366. The van der Waals surface area contributed by atoms with Gasteiger partial charge in [-0.3, -0.25) is 4.68 Å². The van der Waals surface area contributed by atoms with E-state index in [0.29, 0.717) is 6.04 Å². The third kappa shape index (κ3) is 3.30. The fraction of sp³-hybridized carbons (Fsp3) is 0.500. The summed E-state index contributed by atoms with van der Waals surface area (Å²) in [4.78, 5) is 0. The van der Waals surface area contributed by atoms with Gasteiger partial charge < -0.3 is 5.32 Å². The summed E-state index contributed by atoms with van der Waals surface area (Å²) in [7, 11) is 1.91. The van der Waals surface area contributed by atoms with Crippen LogP contribution in [0.4, 0.5) is 0 Å². The van der Waals surface area contributed by atoms with Crippen LogP contribution in [0.25, 0.3) is 0 Å². The molecule has 0 spiro atoms. The SMILES string of the molecule is C#CCC(C)NCc1cnn(C)c1. The van der Waals surface area contributed by atoms with Gasteiger partial charge in [0.15, 0.2) is 0 Å². The lowest BCUT2D eigenvalue weighted by atomic mass is 10.2. The molecule has 0 saturated heterocycles. The largest absolute Gasteiger partial charge is 0.309 e. The van der Waals surface area contributed by atoms with Gasteiger partial charge in [-0.15, -0.1) is 12.3 Å². The molecule has 13 heavy (non-hydrogen) atoms. The molecule has 1 rings (SSSR count). The van der Waals surface area contributed by atoms with E-state index in [1.807, 2.05) is 19.4 Å². The second-order valence-corrected chi connectivity index (χ2v) is 3.21. The first-order valence-corrected chi connectivity index (χ1v) is 4.36. The highest BCUT2D eigenvalue weighted by molar-refractivity contribution is 5.03. The maximum atomic E-state index is 5.20. The second-order valence-electron chi connectivity index (χ2n) is 3.21. The van der Waals surface area contributed by atoms with Crippen LogP contribution in [0.2, 0.25) is 0 Å². The number of terminal acetylenes is 1. The summed E-state index contributed by atoms with van der Waals surface area (Å²) in [6.07, 6.45) is 9.81. The summed E-state index contributed by atoms with van der Waals surface area (Å²) in [6.45, 7) is 2.91. The van der Waals surface area contributed by atoms with Crippen molar-refractivity contribution in [3.63, 3.8) is 0 Å². The standard InChI is InChI=1S/C10H15N3/c1-4-5-9(2)11-6-10-7-12-13(3)8-10/h1,7-9,11H,5-6H2,2-3H3. The summed E-state index contributed by atoms with van der Waals surface area (Å²) in [5.41, 5.74) is 1.19. The molecule has 1 atom stereocenters. The van der Waals surface area contributed by atoms with E-state index >= 15 is 0 Å². The molecule has 0 amide bonds. The fourth-order valence-electron chi connectivity index (χ4n) is 1.10. The number of aromatic nitrogens is 2. The number of aryl methyl sites for hydroxylation is 1. The van der Waals surface area contributed by atoms with Crippen LogP contribution < -0.4 is 5.32 Å². The fourth-order valence-corrected chi connectivity index (χ4v) is 1.10. The Labute approximate surface area is 79.1 Å². The van der Waals surface area contributed by atoms with Gasteiger partial charge in [0, 0.05) is 37.8 Å². The second kappa shape index (κ2) is 4.68. The molecule has 0 aliphatic carbocycles. The molecular formula is C10H15N3. The number of nitrogens with one attached hydrogen (secondary N) is 1. The quantitative estimate of drug-likeness (QED) is 0.693. The molecule has 1 N–H and O–H groups in total. The molecule has 0 aliphatic heterocycles. The van der Waals surface area contributed by atoms with Crippen molar-refractivity contribution in [2.24, 2.45) is 7.05 Å². The third-order valence-corrected chi connectivity index (χ3v) is 1.84. The van der Waals surface area contributed by atoms with Gasteiger partial charge in [-0.1, -0.05) is 0 Å². The van der Waals surface area contributed by atoms with Crippen molar-refractivity contribution >= 4 is 0 Å². The van der Waals surface area contributed by atoms with Gasteiger partial charge in [0.1, 0.15) is 0 Å². The van der Waals surface area contributed by atoms with Crippen molar-refractivity contribution in [3.05, 3.63) is 18.0 Å². The van der Waals surface area contributed by atoms with Crippen molar-refractivity contribution in [2.75, 3.05) is 0 Å². The molecule has 1 aromatic heterocycles. The molecule has 0 fully saturated rings. The van der Waals surface area contributed by atoms with Crippen LogP contribution in [0.3, 0.4) is 0 Å². The van der Waals surface area contributed by atoms with Crippen LogP contribution in [0, 0.1) is 12.3 Å². The van der Waals surface area contributed by atoms with Crippen LogP contribution >= 0.6 is 0 Å². The monoisotopic (exact) mass is 177 g/mol. The molecule has 1 unspecified atom stereocenters. The lowest BCUT2D eigenvalue weighted by molar-refractivity contribution is 0.559. The van der Waals surface area contributed by atoms with E-state index in [9.17, 15) is 0 Å². The highest BCUT2D eigenvalue weighted by Gasteiger charge is 2.00. The molecule has 1 heterocycles. The molecule has 0 radical (unpaired) electrons. The Balaban J connectivity index is 2.31. The van der Waals surface area contributed by atoms with E-state index in [0.717, 1.165) is 13.0 Å². The summed E-state index contributed by atoms with van der Waals surface area (Å²) in [5.74, 6) is 2.63. The Morgan fingerprint density at radius 1 is 1.77 bits per heavy atom. The maximum absolute atomic E-state index is 5.20. The number of hydrogen-bond acceptors (Lipinski definition) is 2. The van der Waals surface area contributed by atoms with Crippen molar-refractivity contribution in [3.8, 4) is 12.3 Å². The first-order chi connectivity index (χ1) is 6.22. The maximum Gasteiger partial charge on any atom is 0.0534 e. The molecular weight excluding hydrogens is 162 g/mol. The van der Waals surface area contributed by atoms with Gasteiger partial charge in [0.25, 0.3) is 0 Å². The van der Waals surface area contributed by atoms with Crippen LogP contribution in [0.15, 0.2) is 12.4 Å². The normalized spacial score (nSPS) is 12.4. The van der Waals surface area contributed by atoms with Crippen LogP contribution in [0.1, 0.15) is 18.9 Å². The number of rotatable bonds is 4. The zero-order valence-corrected chi connectivity index (χ0v) is 8.12. The Morgan fingerprint density at radius 2 is 2.54 bits per heavy atom. The molecule has 0 saturated carbocycles. The van der Waals surface area contributed by atoms with Crippen molar-refractivity contribution in [1.29, 1.82) is 0 Å². The average Bonchev–Trinajstić information content (AvgIpc) is 2.49. The third-order valence-electron chi connectivity index (χ3n) is 1.84. The Bertz CT molecular complexity index is 295. The van der Waals surface area contributed by atoms with E-state index in [-0.39, 0.29) is 0 Å². The average molecular weight is 177 g/mol. The van der Waals surface area contributed by atoms with Gasteiger partial charge in [-0.2, -0.15) is 5.10 Å². The summed E-state index contributed by atoms with van der Waals surface area (Å²) >= 11 is 0. The van der Waals surface area contributed by atoms with Gasteiger partial charge in [0.05, 0.1) is 6.20 Å². The van der Waals surface area contributed by atoms with Crippen molar-refractivity contribution < 1.29 is 0 Å². The zero-order valence-electron chi connectivity index (χ0n) is 8.12. The minimum Gasteiger partial charge on any atom is -0.309 e. The highest BCUT2D eigenvalue weighted by Crippen LogP contribution is 1.97. The van der Waals surface area contributed by atoms with Crippen molar-refractivity contribution in [2.45, 2.75) is 25.9 Å². The Kier molecular flexibility index (Phi) is 3.53. The molecule has 3 nitrogen and oxygen atoms in total. The lowest BCUT2D eigenvalue weighted by Gasteiger charge is -2.08. The molecule has 0 aromatic carbocycles. The van der Waals surface area contributed by atoms with Crippen LogP contribution in [-0.2, 0) is 13.6 Å². The smallest absolute Gasteiger partial charge is 0.0534 e. The van der Waals surface area contributed by atoms with Gasteiger partial charge in [-0.05, 0) is 6.92 Å². The molecule has 3 heteroatoms. The van der Waals surface area contributed by atoms with E-state index in [4.69, 9.17) is 6.42 Å². The van der Waals surface area contributed by atoms with Gasteiger partial charge in [0.2, 0.25) is 0 Å². The van der Waals surface area contributed by atoms with Crippen LogP contribution in [-0.4, -0.2) is 15.8 Å². The van der Waals surface area contributed by atoms with Crippen LogP contribution in [0.5, 0.6) is 0 Å². The number of nitrogens with zero attached hydrogens (tertiary/aromatic N) is 2. The topological polar surface area (TPSA) is 29.9 Å². The highest BCUT2D eigenvalue weighted by atomic mass is 15.2. The first kappa shape index (κ1) is 9.82.